The molecule has 0 fully saturated rings. The van der Waals surface area contributed by atoms with Gasteiger partial charge in [-0.05, 0) is 29.7 Å². The van der Waals surface area contributed by atoms with Gasteiger partial charge in [-0.25, -0.2) is 0 Å². The number of allylic oxidation sites excluding steroid dienone is 3. The molecule has 0 amide bonds. The molecule has 0 unspecified atom stereocenters. The van der Waals surface area contributed by atoms with E-state index in [0.717, 1.165) is 44.7 Å². The molecule has 5 rings (SSSR count). The third kappa shape index (κ3) is 3.77. The van der Waals surface area contributed by atoms with Crippen LogP contribution in [0, 0.1) is 0 Å². The number of ether oxygens (including phenoxy) is 1. The van der Waals surface area contributed by atoms with Crippen molar-refractivity contribution in [2.75, 3.05) is 6.61 Å². The Morgan fingerprint density at radius 2 is 1.42 bits per heavy atom. The van der Waals surface area contributed by atoms with Gasteiger partial charge in [0, 0.05) is 27.8 Å². The molecule has 0 N–H and O–H groups in total. The van der Waals surface area contributed by atoms with Gasteiger partial charge in [-0.15, -0.1) is 0 Å². The first-order valence-electron chi connectivity index (χ1n) is 10.8. The summed E-state index contributed by atoms with van der Waals surface area (Å²) in [4.78, 5) is 13.3. The van der Waals surface area contributed by atoms with Crippen molar-refractivity contribution < 1.29 is 9.53 Å². The number of fused-ring (bicyclic) bond motifs is 4. The highest BCUT2D eigenvalue weighted by atomic mass is 16.5. The minimum atomic E-state index is 0.0550. The van der Waals surface area contributed by atoms with E-state index in [1.54, 1.807) is 0 Å². The first-order chi connectivity index (χ1) is 15.2. The number of para-hydroxylation sites is 1. The van der Waals surface area contributed by atoms with Crippen molar-refractivity contribution in [3.63, 3.8) is 0 Å². The highest BCUT2D eigenvalue weighted by Crippen LogP contribution is 2.44. The van der Waals surface area contributed by atoms with E-state index in [2.05, 4.69) is 25.1 Å². The van der Waals surface area contributed by atoms with E-state index in [9.17, 15) is 4.79 Å². The van der Waals surface area contributed by atoms with E-state index in [1.165, 1.54) is 0 Å². The van der Waals surface area contributed by atoms with E-state index >= 15 is 0 Å². The standard InChI is InChI=1S/C27H20O2.C2H6/c1-18(19-9-3-2-4-10-19)15-16-22-24-17-29-25-14-8-7-13-23(25)26(24)20-11-5-6-12-21(20)27(22)28;1-2/h2-16H,17H2,1H3;1-2H3/b18-15-,22-16-;. The van der Waals surface area contributed by atoms with Crippen LogP contribution in [0.5, 0.6) is 5.75 Å². The van der Waals surface area contributed by atoms with Crippen molar-refractivity contribution >= 4 is 16.9 Å². The quantitative estimate of drug-likeness (QED) is 0.423. The Bertz CT molecular complexity index is 1210. The zero-order chi connectivity index (χ0) is 21.8. The minimum absolute atomic E-state index is 0.0550. The Balaban J connectivity index is 0.00000112. The molecule has 1 aliphatic heterocycles. The van der Waals surface area contributed by atoms with Crippen LogP contribution in [0.4, 0.5) is 0 Å². The lowest BCUT2D eigenvalue weighted by Crippen LogP contribution is -2.23. The van der Waals surface area contributed by atoms with Crippen LogP contribution in [0.2, 0.25) is 0 Å². The van der Waals surface area contributed by atoms with Gasteiger partial charge in [0.25, 0.3) is 0 Å². The maximum Gasteiger partial charge on any atom is 0.194 e. The first kappa shape index (κ1) is 20.6. The molecule has 1 heterocycles. The molecule has 3 aromatic carbocycles. The number of Topliss-reactive ketones (excluding diaryl/α,β-unsaturated/α-hetero) is 1. The fourth-order valence-electron chi connectivity index (χ4n) is 4.07. The molecule has 0 bridgehead atoms. The summed E-state index contributed by atoms with van der Waals surface area (Å²) in [6, 6.07) is 26.1. The Morgan fingerprint density at radius 1 is 0.806 bits per heavy atom. The van der Waals surface area contributed by atoms with Crippen molar-refractivity contribution in [1.82, 2.24) is 0 Å². The molecule has 0 spiro atoms. The van der Waals surface area contributed by atoms with Gasteiger partial charge in [0.15, 0.2) is 5.78 Å². The highest BCUT2D eigenvalue weighted by molar-refractivity contribution is 6.20. The van der Waals surface area contributed by atoms with E-state index in [1.807, 2.05) is 86.7 Å². The predicted octanol–water partition coefficient (Wildman–Crippen LogP) is 7.13. The second kappa shape index (κ2) is 9.01. The molecule has 2 aliphatic rings. The molecule has 0 saturated carbocycles. The summed E-state index contributed by atoms with van der Waals surface area (Å²) in [7, 11) is 0. The Labute approximate surface area is 184 Å². The van der Waals surface area contributed by atoms with Crippen molar-refractivity contribution in [2.24, 2.45) is 0 Å². The third-order valence-corrected chi connectivity index (χ3v) is 5.57. The number of hydrogen-bond donors (Lipinski definition) is 0. The van der Waals surface area contributed by atoms with Crippen LogP contribution in [0.1, 0.15) is 47.8 Å². The van der Waals surface area contributed by atoms with Crippen molar-refractivity contribution in [2.45, 2.75) is 20.8 Å². The van der Waals surface area contributed by atoms with Crippen LogP contribution < -0.4 is 4.74 Å². The lowest BCUT2D eigenvalue weighted by atomic mass is 9.77. The smallest absolute Gasteiger partial charge is 0.194 e. The van der Waals surface area contributed by atoms with Crippen molar-refractivity contribution in [3.05, 3.63) is 124 Å². The van der Waals surface area contributed by atoms with Crippen LogP contribution in [-0.4, -0.2) is 12.4 Å². The molecule has 154 valence electrons. The normalized spacial score (nSPS) is 15.9. The summed E-state index contributed by atoms with van der Waals surface area (Å²) in [6.07, 6.45) is 3.98. The molecule has 0 saturated heterocycles. The average molecular weight is 407 g/mol. The zero-order valence-corrected chi connectivity index (χ0v) is 18.2. The second-order valence-electron chi connectivity index (χ2n) is 7.31. The lowest BCUT2D eigenvalue weighted by molar-refractivity contribution is 0.103. The minimum Gasteiger partial charge on any atom is -0.488 e. The summed E-state index contributed by atoms with van der Waals surface area (Å²) >= 11 is 0. The summed E-state index contributed by atoms with van der Waals surface area (Å²) < 4.78 is 6.01. The van der Waals surface area contributed by atoms with Gasteiger partial charge in [-0.2, -0.15) is 0 Å². The van der Waals surface area contributed by atoms with Gasteiger partial charge in [0.1, 0.15) is 12.4 Å². The molecular weight excluding hydrogens is 380 g/mol. The molecule has 0 atom stereocenters. The van der Waals surface area contributed by atoms with Crippen LogP contribution >= 0.6 is 0 Å². The predicted molar refractivity (Wildman–Crippen MR) is 128 cm³/mol. The van der Waals surface area contributed by atoms with E-state index in [0.29, 0.717) is 12.2 Å². The van der Waals surface area contributed by atoms with Gasteiger partial charge in [0.05, 0.1) is 0 Å². The van der Waals surface area contributed by atoms with Gasteiger partial charge < -0.3 is 4.74 Å². The fraction of sp³-hybridized carbons (Fsp3) is 0.138. The highest BCUT2D eigenvalue weighted by Gasteiger charge is 2.33. The maximum absolute atomic E-state index is 13.3. The molecule has 3 aromatic rings. The van der Waals surface area contributed by atoms with Crippen LogP contribution in [0.3, 0.4) is 0 Å². The zero-order valence-electron chi connectivity index (χ0n) is 18.2. The molecule has 31 heavy (non-hydrogen) atoms. The molecular formula is C29H26O2. The molecule has 2 nitrogen and oxygen atoms in total. The molecule has 1 aliphatic carbocycles. The van der Waals surface area contributed by atoms with Gasteiger partial charge in [0.2, 0.25) is 0 Å². The maximum atomic E-state index is 13.3. The fourth-order valence-corrected chi connectivity index (χ4v) is 4.07. The van der Waals surface area contributed by atoms with E-state index in [4.69, 9.17) is 4.74 Å². The topological polar surface area (TPSA) is 26.3 Å². The second-order valence-corrected chi connectivity index (χ2v) is 7.31. The van der Waals surface area contributed by atoms with Crippen molar-refractivity contribution in [1.29, 1.82) is 0 Å². The summed E-state index contributed by atoms with van der Waals surface area (Å²) in [5, 5.41) is 0. The van der Waals surface area contributed by atoms with Crippen molar-refractivity contribution in [3.8, 4) is 5.75 Å². The lowest BCUT2D eigenvalue weighted by Gasteiger charge is -2.30. The van der Waals surface area contributed by atoms with Gasteiger partial charge in [-0.1, -0.05) is 98.8 Å². The largest absolute Gasteiger partial charge is 0.488 e. The van der Waals surface area contributed by atoms with Crippen LogP contribution in [0.25, 0.3) is 11.1 Å². The number of rotatable bonds is 2. The van der Waals surface area contributed by atoms with E-state index in [-0.39, 0.29) is 5.78 Å². The average Bonchev–Trinajstić information content (AvgIpc) is 2.85. The van der Waals surface area contributed by atoms with Crippen LogP contribution in [-0.2, 0) is 0 Å². The SMILES string of the molecule is C/C(=C/C=C1\C(=O)c2ccccc2C2=C1COc1ccccc12)c1ccccc1.CC. The molecule has 0 aromatic heterocycles. The number of ketones is 1. The summed E-state index contributed by atoms with van der Waals surface area (Å²) in [5.74, 6) is 0.921. The first-order valence-corrected chi connectivity index (χ1v) is 10.8. The Kier molecular flexibility index (Phi) is 5.99. The Hall–Kier alpha value is -3.65. The van der Waals surface area contributed by atoms with Crippen LogP contribution in [0.15, 0.2) is 102 Å². The summed E-state index contributed by atoms with van der Waals surface area (Å²) in [5.41, 5.74) is 7.83. The number of carbonyl (C=O) groups is 1. The number of benzene rings is 3. The number of hydrogen-bond acceptors (Lipinski definition) is 2. The Morgan fingerprint density at radius 3 is 2.16 bits per heavy atom. The molecule has 2 heteroatoms. The van der Waals surface area contributed by atoms with Gasteiger partial charge in [-0.3, -0.25) is 4.79 Å². The van der Waals surface area contributed by atoms with E-state index < -0.39 is 0 Å². The molecule has 0 radical (unpaired) electrons. The third-order valence-electron chi connectivity index (χ3n) is 5.57. The van der Waals surface area contributed by atoms with Gasteiger partial charge >= 0.3 is 0 Å². The number of carbonyl (C=O) groups excluding carboxylic acids is 1. The monoisotopic (exact) mass is 406 g/mol. The summed E-state index contributed by atoms with van der Waals surface area (Å²) in [6.45, 7) is 6.46.